The molecule has 0 amide bonds. The highest BCUT2D eigenvalue weighted by Gasteiger charge is 2.32. The van der Waals surface area contributed by atoms with Crippen LogP contribution in [0.5, 0.6) is 0 Å². The molecule has 0 aromatic heterocycles. The number of benzene rings is 3. The summed E-state index contributed by atoms with van der Waals surface area (Å²) in [6.07, 6.45) is -1.10. The van der Waals surface area contributed by atoms with E-state index in [0.717, 1.165) is 19.6 Å². The summed E-state index contributed by atoms with van der Waals surface area (Å²) < 4.78 is 21.7. The lowest BCUT2D eigenvalue weighted by Gasteiger charge is -2.34. The van der Waals surface area contributed by atoms with E-state index in [9.17, 15) is 0 Å². The molecule has 0 aliphatic carbocycles. The molecule has 0 spiro atoms. The first-order valence-electron chi connectivity index (χ1n) is 11.9. The van der Waals surface area contributed by atoms with Crippen molar-refractivity contribution in [3.05, 3.63) is 107 Å². The summed E-state index contributed by atoms with van der Waals surface area (Å²) in [6, 6.07) is 29.1. The number of hydrogen-bond acceptors (Lipinski definition) is 3. The second kappa shape index (κ2) is 11.1. The number of nitrogens with zero attached hydrogens (tertiary/aromatic N) is 2. The topological polar surface area (TPSA) is 15.7 Å². The van der Waals surface area contributed by atoms with Crippen molar-refractivity contribution in [2.24, 2.45) is 0 Å². The van der Waals surface area contributed by atoms with Crippen LogP contribution >= 0.6 is 0 Å². The summed E-state index contributed by atoms with van der Waals surface area (Å²) in [6.45, 7) is 8.71. The van der Waals surface area contributed by atoms with Crippen LogP contribution in [0.4, 0.5) is 4.39 Å². The molecule has 0 saturated carbocycles. The van der Waals surface area contributed by atoms with Gasteiger partial charge in [0.15, 0.2) is 0 Å². The molecule has 1 atom stereocenters. The third kappa shape index (κ3) is 6.73. The largest absolute Gasteiger partial charge is 0.371 e. The molecule has 0 bridgehead atoms. The minimum atomic E-state index is -1.10. The highest BCUT2D eigenvalue weighted by molar-refractivity contribution is 5.30. The molecule has 3 aromatic carbocycles. The zero-order valence-corrected chi connectivity index (χ0v) is 19.8. The lowest BCUT2D eigenvalue weighted by molar-refractivity contribution is -0.0850. The fourth-order valence-corrected chi connectivity index (χ4v) is 4.40. The van der Waals surface area contributed by atoms with Crippen molar-refractivity contribution < 1.29 is 9.13 Å². The van der Waals surface area contributed by atoms with Crippen molar-refractivity contribution in [3.8, 4) is 0 Å². The van der Waals surface area contributed by atoms with E-state index in [1.54, 1.807) is 0 Å². The summed E-state index contributed by atoms with van der Waals surface area (Å²) in [5.41, 5.74) is 4.30. The Morgan fingerprint density at radius 2 is 1.30 bits per heavy atom. The molecule has 0 radical (unpaired) electrons. The Morgan fingerprint density at radius 3 is 1.82 bits per heavy atom. The lowest BCUT2D eigenvalue weighted by atomic mass is 10.0. The molecular formula is C29H35FN2O. The molecule has 1 heterocycles. The Labute approximate surface area is 197 Å². The van der Waals surface area contributed by atoms with Gasteiger partial charge in [0, 0.05) is 39.3 Å². The quantitative estimate of drug-likeness (QED) is 0.368. The van der Waals surface area contributed by atoms with E-state index < -0.39 is 11.8 Å². The van der Waals surface area contributed by atoms with Gasteiger partial charge in [-0.15, -0.1) is 0 Å². The van der Waals surface area contributed by atoms with Gasteiger partial charge >= 0.3 is 0 Å². The van der Waals surface area contributed by atoms with Gasteiger partial charge in [-0.3, -0.25) is 9.80 Å². The van der Waals surface area contributed by atoms with Crippen LogP contribution in [0.3, 0.4) is 0 Å². The molecule has 1 aliphatic heterocycles. The van der Waals surface area contributed by atoms with E-state index in [1.165, 1.54) is 22.3 Å². The standard InChI is InChI=1S/C29H35FN2O/c1-29(2,33-18-17-31-21-26-15-9-10-16-27(26)22-31)28(30)23-32(19-24-11-5-3-6-12-24)20-25-13-7-4-8-14-25/h3-16,28H,17-23H2,1-2H3. The van der Waals surface area contributed by atoms with Crippen LogP contribution in [0.25, 0.3) is 0 Å². The molecule has 4 heteroatoms. The van der Waals surface area contributed by atoms with Crippen molar-refractivity contribution in [2.45, 2.75) is 51.8 Å². The Kier molecular flexibility index (Phi) is 7.92. The van der Waals surface area contributed by atoms with E-state index in [4.69, 9.17) is 4.74 Å². The molecule has 3 aromatic rings. The van der Waals surface area contributed by atoms with Gasteiger partial charge in [-0.05, 0) is 36.1 Å². The van der Waals surface area contributed by atoms with Gasteiger partial charge in [0.1, 0.15) is 6.17 Å². The molecule has 4 rings (SSSR count). The normalized spacial score (nSPS) is 15.0. The number of ether oxygens (including phenoxy) is 1. The summed E-state index contributed by atoms with van der Waals surface area (Å²) in [5.74, 6) is 0. The fourth-order valence-electron chi connectivity index (χ4n) is 4.40. The Morgan fingerprint density at radius 1 is 0.818 bits per heavy atom. The predicted molar refractivity (Wildman–Crippen MR) is 132 cm³/mol. The summed E-state index contributed by atoms with van der Waals surface area (Å²) in [7, 11) is 0. The number of halogens is 1. The van der Waals surface area contributed by atoms with E-state index in [-0.39, 0.29) is 0 Å². The van der Waals surface area contributed by atoms with Crippen molar-refractivity contribution in [3.63, 3.8) is 0 Å². The van der Waals surface area contributed by atoms with E-state index in [0.29, 0.717) is 26.2 Å². The highest BCUT2D eigenvalue weighted by atomic mass is 19.1. The Balaban J connectivity index is 1.32. The van der Waals surface area contributed by atoms with Crippen LogP contribution in [0.2, 0.25) is 0 Å². The monoisotopic (exact) mass is 446 g/mol. The number of alkyl halides is 1. The molecule has 1 unspecified atom stereocenters. The highest BCUT2D eigenvalue weighted by Crippen LogP contribution is 2.24. The van der Waals surface area contributed by atoms with Gasteiger partial charge in [-0.2, -0.15) is 0 Å². The van der Waals surface area contributed by atoms with E-state index >= 15 is 4.39 Å². The minimum Gasteiger partial charge on any atom is -0.371 e. The zero-order chi connectivity index (χ0) is 23.1. The second-order valence-corrected chi connectivity index (χ2v) is 9.54. The van der Waals surface area contributed by atoms with Crippen LogP contribution in [0.15, 0.2) is 84.9 Å². The first-order chi connectivity index (χ1) is 16.0. The average molecular weight is 447 g/mol. The summed E-state index contributed by atoms with van der Waals surface area (Å²) >= 11 is 0. The second-order valence-electron chi connectivity index (χ2n) is 9.54. The van der Waals surface area contributed by atoms with Crippen molar-refractivity contribution >= 4 is 0 Å². The summed E-state index contributed by atoms with van der Waals surface area (Å²) in [4.78, 5) is 4.54. The van der Waals surface area contributed by atoms with Crippen molar-refractivity contribution in [1.82, 2.24) is 9.80 Å². The molecule has 3 nitrogen and oxygen atoms in total. The predicted octanol–water partition coefficient (Wildman–Crippen LogP) is 5.84. The third-order valence-electron chi connectivity index (χ3n) is 6.46. The number of rotatable bonds is 11. The average Bonchev–Trinajstić information content (AvgIpc) is 3.23. The first-order valence-corrected chi connectivity index (χ1v) is 11.9. The van der Waals surface area contributed by atoms with Crippen molar-refractivity contribution in [2.75, 3.05) is 19.7 Å². The van der Waals surface area contributed by atoms with Gasteiger partial charge in [-0.1, -0.05) is 84.9 Å². The fraction of sp³-hybridized carbons (Fsp3) is 0.379. The first kappa shape index (κ1) is 23.6. The molecule has 0 N–H and O–H groups in total. The molecule has 174 valence electrons. The van der Waals surface area contributed by atoms with Gasteiger partial charge in [0.2, 0.25) is 0 Å². The van der Waals surface area contributed by atoms with Crippen molar-refractivity contribution in [1.29, 1.82) is 0 Å². The third-order valence-corrected chi connectivity index (χ3v) is 6.46. The maximum Gasteiger partial charge on any atom is 0.141 e. The molecule has 0 saturated heterocycles. The summed E-state index contributed by atoms with van der Waals surface area (Å²) in [5, 5.41) is 0. The zero-order valence-electron chi connectivity index (χ0n) is 19.8. The van der Waals surface area contributed by atoms with E-state index in [1.807, 2.05) is 50.2 Å². The molecular weight excluding hydrogens is 411 g/mol. The number of hydrogen-bond donors (Lipinski definition) is 0. The SMILES string of the molecule is CC(C)(OCCN1Cc2ccccc2C1)C(F)CN(Cc1ccccc1)Cc1ccccc1. The van der Waals surface area contributed by atoms with Gasteiger partial charge in [0.05, 0.1) is 12.2 Å². The van der Waals surface area contributed by atoms with Gasteiger partial charge < -0.3 is 4.74 Å². The minimum absolute atomic E-state index is 0.325. The van der Waals surface area contributed by atoms with Crippen LogP contribution in [-0.2, 0) is 30.9 Å². The van der Waals surface area contributed by atoms with Crippen LogP contribution < -0.4 is 0 Å². The molecule has 0 fully saturated rings. The van der Waals surface area contributed by atoms with Gasteiger partial charge in [0.25, 0.3) is 0 Å². The van der Waals surface area contributed by atoms with Crippen LogP contribution in [0, 0.1) is 0 Å². The smallest absolute Gasteiger partial charge is 0.141 e. The Bertz CT molecular complexity index is 926. The maximum atomic E-state index is 15.6. The van der Waals surface area contributed by atoms with Crippen LogP contribution in [0.1, 0.15) is 36.1 Å². The Hall–Kier alpha value is -2.53. The van der Waals surface area contributed by atoms with Gasteiger partial charge in [-0.25, -0.2) is 4.39 Å². The molecule has 1 aliphatic rings. The molecule has 33 heavy (non-hydrogen) atoms. The maximum absolute atomic E-state index is 15.6. The van der Waals surface area contributed by atoms with E-state index in [2.05, 4.69) is 58.3 Å². The number of fused-ring (bicyclic) bond motifs is 1. The van der Waals surface area contributed by atoms with Crippen LogP contribution in [-0.4, -0.2) is 41.3 Å². The lowest BCUT2D eigenvalue weighted by Crippen LogP contribution is -2.44.